The number of esters is 1. The lowest BCUT2D eigenvalue weighted by Crippen LogP contribution is -2.27. The topological polar surface area (TPSA) is 87.0 Å². The minimum absolute atomic E-state index is 0.236. The maximum absolute atomic E-state index is 11.7. The first kappa shape index (κ1) is 18.1. The third-order valence-electron chi connectivity index (χ3n) is 3.22. The molecule has 1 aromatic heterocycles. The zero-order valence-corrected chi connectivity index (χ0v) is 14.0. The number of carbonyl (C=O) groups excluding carboxylic acids is 2. The molecule has 2 aromatic rings. The average molecular weight is 345 g/mol. The summed E-state index contributed by atoms with van der Waals surface area (Å²) in [4.78, 5) is 23.3. The molecule has 1 heterocycles. The van der Waals surface area contributed by atoms with Crippen molar-refractivity contribution in [1.29, 1.82) is 0 Å². The van der Waals surface area contributed by atoms with E-state index < -0.39 is 11.9 Å². The van der Waals surface area contributed by atoms with Crippen LogP contribution in [-0.4, -0.2) is 32.7 Å². The van der Waals surface area contributed by atoms with Crippen LogP contribution < -0.4 is 14.8 Å². The lowest BCUT2D eigenvalue weighted by molar-refractivity contribution is -0.143. The minimum atomic E-state index is -0.641. The van der Waals surface area contributed by atoms with Crippen molar-refractivity contribution in [3.63, 3.8) is 0 Å². The molecule has 0 radical (unpaired) electrons. The molecule has 0 bridgehead atoms. The Balaban J connectivity index is 1.83. The van der Waals surface area contributed by atoms with E-state index in [4.69, 9.17) is 18.6 Å². The van der Waals surface area contributed by atoms with Gasteiger partial charge in [0.05, 0.1) is 27.0 Å². The molecule has 1 N–H and O–H groups in total. The number of hydrogen-bond acceptors (Lipinski definition) is 6. The van der Waals surface area contributed by atoms with E-state index in [0.717, 1.165) is 0 Å². The van der Waals surface area contributed by atoms with Crippen LogP contribution in [0.25, 0.3) is 6.08 Å². The van der Waals surface area contributed by atoms with Gasteiger partial charge in [0.1, 0.15) is 5.76 Å². The van der Waals surface area contributed by atoms with Gasteiger partial charge in [0.2, 0.25) is 0 Å². The number of benzene rings is 1. The highest BCUT2D eigenvalue weighted by molar-refractivity contribution is 5.89. The van der Waals surface area contributed by atoms with Crippen molar-refractivity contribution in [2.45, 2.75) is 6.54 Å². The molecule has 7 nitrogen and oxygen atoms in total. The summed E-state index contributed by atoms with van der Waals surface area (Å²) < 4.78 is 20.4. The largest absolute Gasteiger partial charge is 0.493 e. The Labute approximate surface area is 145 Å². The van der Waals surface area contributed by atoms with E-state index in [1.807, 2.05) is 0 Å². The van der Waals surface area contributed by atoms with Crippen LogP contribution in [-0.2, 0) is 20.9 Å². The molecule has 7 heteroatoms. The second-order valence-electron chi connectivity index (χ2n) is 4.88. The summed E-state index contributed by atoms with van der Waals surface area (Å²) in [6.07, 6.45) is 4.26. The third kappa shape index (κ3) is 5.42. The smallest absolute Gasteiger partial charge is 0.331 e. The predicted octanol–water partition coefficient (Wildman–Crippen LogP) is 2.17. The maximum atomic E-state index is 11.7. The van der Waals surface area contributed by atoms with Gasteiger partial charge in [0, 0.05) is 11.6 Å². The molecule has 0 atom stereocenters. The first-order valence-corrected chi connectivity index (χ1v) is 7.49. The summed E-state index contributed by atoms with van der Waals surface area (Å²) in [5.74, 6) is 0.611. The molecule has 25 heavy (non-hydrogen) atoms. The number of carbonyl (C=O) groups is 2. The van der Waals surface area contributed by atoms with E-state index in [0.29, 0.717) is 22.8 Å². The van der Waals surface area contributed by atoms with E-state index >= 15 is 0 Å². The summed E-state index contributed by atoms with van der Waals surface area (Å²) in [5.41, 5.74) is 0.654. The molecule has 0 saturated carbocycles. The molecule has 0 fully saturated rings. The van der Waals surface area contributed by atoms with Crippen molar-refractivity contribution >= 4 is 18.0 Å². The number of ether oxygens (including phenoxy) is 3. The fraction of sp³-hybridized carbons (Fsp3) is 0.222. The van der Waals surface area contributed by atoms with Crippen molar-refractivity contribution < 1.29 is 28.2 Å². The molecule has 0 aliphatic carbocycles. The van der Waals surface area contributed by atoms with Crippen LogP contribution in [0.5, 0.6) is 11.5 Å². The highest BCUT2D eigenvalue weighted by atomic mass is 16.5. The molecular formula is C18H19NO6. The van der Waals surface area contributed by atoms with Gasteiger partial charge < -0.3 is 23.9 Å². The quantitative estimate of drug-likeness (QED) is 0.583. The fourth-order valence-corrected chi connectivity index (χ4v) is 2.04. The van der Waals surface area contributed by atoms with Crippen molar-refractivity contribution in [1.82, 2.24) is 5.32 Å². The number of rotatable bonds is 8. The van der Waals surface area contributed by atoms with Crippen molar-refractivity contribution in [2.24, 2.45) is 0 Å². The van der Waals surface area contributed by atoms with E-state index in [1.165, 1.54) is 32.6 Å². The monoisotopic (exact) mass is 345 g/mol. The first-order valence-electron chi connectivity index (χ1n) is 7.49. The maximum Gasteiger partial charge on any atom is 0.331 e. The molecule has 0 unspecified atom stereocenters. The number of methoxy groups -OCH3 is 2. The van der Waals surface area contributed by atoms with Gasteiger partial charge in [0.25, 0.3) is 5.91 Å². The molecule has 0 aliphatic rings. The fourth-order valence-electron chi connectivity index (χ4n) is 2.04. The zero-order chi connectivity index (χ0) is 18.1. The highest BCUT2D eigenvalue weighted by Crippen LogP contribution is 2.31. The van der Waals surface area contributed by atoms with Gasteiger partial charge >= 0.3 is 5.97 Å². The van der Waals surface area contributed by atoms with Crippen molar-refractivity contribution in [2.75, 3.05) is 20.8 Å². The molecule has 0 saturated heterocycles. The molecule has 2 rings (SSSR count). The summed E-state index contributed by atoms with van der Waals surface area (Å²) in [7, 11) is 3.04. The SMILES string of the molecule is COc1cccc(/C=C/C(=O)OCC(=O)NCc2ccco2)c1OC. The van der Waals surface area contributed by atoms with Gasteiger partial charge in [-0.15, -0.1) is 0 Å². The van der Waals surface area contributed by atoms with Crippen molar-refractivity contribution in [3.8, 4) is 11.5 Å². The number of hydrogen-bond donors (Lipinski definition) is 1. The standard InChI is InChI=1S/C18H19NO6/c1-22-15-7-3-5-13(18(15)23-2)8-9-17(21)25-12-16(20)19-11-14-6-4-10-24-14/h3-10H,11-12H2,1-2H3,(H,19,20)/b9-8+. The van der Waals surface area contributed by atoms with Crippen LogP contribution in [0, 0.1) is 0 Å². The van der Waals surface area contributed by atoms with Gasteiger partial charge in [-0.2, -0.15) is 0 Å². The number of amides is 1. The van der Waals surface area contributed by atoms with Crippen LogP contribution in [0.3, 0.4) is 0 Å². The predicted molar refractivity (Wildman–Crippen MR) is 90.1 cm³/mol. The second-order valence-corrected chi connectivity index (χ2v) is 4.88. The van der Waals surface area contributed by atoms with Crippen LogP contribution in [0.4, 0.5) is 0 Å². The number of furan rings is 1. The van der Waals surface area contributed by atoms with Gasteiger partial charge in [-0.1, -0.05) is 12.1 Å². The minimum Gasteiger partial charge on any atom is -0.493 e. The molecule has 132 valence electrons. The van der Waals surface area contributed by atoms with E-state index in [-0.39, 0.29) is 13.2 Å². The Morgan fingerprint density at radius 2 is 2.00 bits per heavy atom. The first-order chi connectivity index (χ1) is 12.1. The Morgan fingerprint density at radius 1 is 1.16 bits per heavy atom. The van der Waals surface area contributed by atoms with E-state index in [9.17, 15) is 9.59 Å². The Hall–Kier alpha value is -3.22. The Morgan fingerprint density at radius 3 is 2.68 bits per heavy atom. The average Bonchev–Trinajstić information content (AvgIpc) is 3.16. The van der Waals surface area contributed by atoms with Crippen LogP contribution in [0.1, 0.15) is 11.3 Å². The van der Waals surface area contributed by atoms with Gasteiger partial charge in [-0.05, 0) is 24.3 Å². The van der Waals surface area contributed by atoms with Crippen LogP contribution in [0.2, 0.25) is 0 Å². The number of para-hydroxylation sites is 1. The highest BCUT2D eigenvalue weighted by Gasteiger charge is 2.09. The van der Waals surface area contributed by atoms with Gasteiger partial charge in [-0.25, -0.2) is 4.79 Å². The third-order valence-corrected chi connectivity index (χ3v) is 3.22. The lowest BCUT2D eigenvalue weighted by Gasteiger charge is -2.09. The van der Waals surface area contributed by atoms with Crippen LogP contribution >= 0.6 is 0 Å². The Kier molecular flexibility index (Phi) is 6.65. The zero-order valence-electron chi connectivity index (χ0n) is 14.0. The summed E-state index contributed by atoms with van der Waals surface area (Å²) in [6, 6.07) is 8.74. The molecule has 0 spiro atoms. The van der Waals surface area contributed by atoms with E-state index in [2.05, 4.69) is 5.32 Å². The summed E-state index contributed by atoms with van der Waals surface area (Å²) >= 11 is 0. The lowest BCUT2D eigenvalue weighted by atomic mass is 10.1. The molecule has 0 aliphatic heterocycles. The van der Waals surface area contributed by atoms with Crippen molar-refractivity contribution in [3.05, 3.63) is 54.0 Å². The molecular weight excluding hydrogens is 326 g/mol. The number of nitrogens with one attached hydrogen (secondary N) is 1. The molecule has 1 aromatic carbocycles. The second kappa shape index (κ2) is 9.17. The Bertz CT molecular complexity index is 736. The normalized spacial score (nSPS) is 10.5. The van der Waals surface area contributed by atoms with Gasteiger partial charge in [-0.3, -0.25) is 4.79 Å². The summed E-state index contributed by atoms with van der Waals surface area (Å²) in [5, 5.41) is 2.58. The van der Waals surface area contributed by atoms with Gasteiger partial charge in [0.15, 0.2) is 18.1 Å². The van der Waals surface area contributed by atoms with Crippen LogP contribution in [0.15, 0.2) is 47.1 Å². The molecule has 1 amide bonds. The summed E-state index contributed by atoms with van der Waals surface area (Å²) in [6.45, 7) is -0.140. The van der Waals surface area contributed by atoms with E-state index in [1.54, 1.807) is 30.3 Å².